The van der Waals surface area contributed by atoms with E-state index < -0.39 is 0 Å². The number of hydrogen-bond donors (Lipinski definition) is 2. The van der Waals surface area contributed by atoms with Crippen molar-refractivity contribution in [3.05, 3.63) is 57.5 Å². The first-order valence-electron chi connectivity index (χ1n) is 7.28. The van der Waals surface area contributed by atoms with Gasteiger partial charge in [0, 0.05) is 21.3 Å². The molecule has 10 heteroatoms. The number of thioether (sulfide) groups is 1. The van der Waals surface area contributed by atoms with E-state index in [2.05, 4.69) is 15.5 Å². The highest BCUT2D eigenvalue weighted by Crippen LogP contribution is 2.30. The highest BCUT2D eigenvalue weighted by molar-refractivity contribution is 7.99. The van der Waals surface area contributed by atoms with Gasteiger partial charge in [-0.05, 0) is 42.5 Å². The summed E-state index contributed by atoms with van der Waals surface area (Å²) < 4.78 is 1.28. The lowest BCUT2D eigenvalue weighted by molar-refractivity contribution is -0.113. The molecule has 0 saturated heterocycles. The van der Waals surface area contributed by atoms with E-state index in [1.54, 1.807) is 42.5 Å². The molecule has 0 spiro atoms. The van der Waals surface area contributed by atoms with Crippen molar-refractivity contribution in [2.75, 3.05) is 16.9 Å². The number of rotatable bonds is 5. The Morgan fingerprint density at radius 1 is 1.08 bits per heavy atom. The van der Waals surface area contributed by atoms with Gasteiger partial charge in [-0.3, -0.25) is 4.79 Å². The lowest BCUT2D eigenvalue weighted by Gasteiger charge is -2.06. The standard InChI is InChI=1S/C16H12Cl3N5OS/c17-9-1-4-11(5-2-9)21-14(25)8-26-16-23-22-15(24(16)20)12-7-10(18)3-6-13(12)19/h1-7H,8,20H2,(H,21,25). The second-order valence-electron chi connectivity index (χ2n) is 5.14. The van der Waals surface area contributed by atoms with Gasteiger partial charge in [0.25, 0.3) is 0 Å². The zero-order valence-electron chi connectivity index (χ0n) is 13.1. The van der Waals surface area contributed by atoms with Crippen LogP contribution in [0.4, 0.5) is 5.69 Å². The smallest absolute Gasteiger partial charge is 0.234 e. The van der Waals surface area contributed by atoms with Crippen molar-refractivity contribution in [3.8, 4) is 11.4 Å². The van der Waals surface area contributed by atoms with Crippen molar-refractivity contribution < 1.29 is 4.79 Å². The van der Waals surface area contributed by atoms with Crippen LogP contribution in [0.2, 0.25) is 15.1 Å². The van der Waals surface area contributed by atoms with Gasteiger partial charge in [0.05, 0.1) is 10.8 Å². The van der Waals surface area contributed by atoms with Gasteiger partial charge in [-0.25, -0.2) is 4.68 Å². The molecule has 3 rings (SSSR count). The van der Waals surface area contributed by atoms with Gasteiger partial charge in [-0.1, -0.05) is 46.6 Å². The van der Waals surface area contributed by atoms with Crippen LogP contribution in [0.15, 0.2) is 47.6 Å². The molecule has 0 aliphatic rings. The molecule has 0 aliphatic heterocycles. The summed E-state index contributed by atoms with van der Waals surface area (Å²) in [6.07, 6.45) is 0. The van der Waals surface area contributed by atoms with Gasteiger partial charge in [0.1, 0.15) is 0 Å². The van der Waals surface area contributed by atoms with Crippen LogP contribution in [-0.2, 0) is 4.79 Å². The number of amides is 1. The Morgan fingerprint density at radius 2 is 1.77 bits per heavy atom. The van der Waals surface area contributed by atoms with Gasteiger partial charge in [0.2, 0.25) is 11.1 Å². The molecule has 0 radical (unpaired) electrons. The van der Waals surface area contributed by atoms with Crippen LogP contribution < -0.4 is 11.2 Å². The van der Waals surface area contributed by atoms with E-state index in [1.165, 1.54) is 4.68 Å². The van der Waals surface area contributed by atoms with Gasteiger partial charge in [0.15, 0.2) is 5.82 Å². The summed E-state index contributed by atoms with van der Waals surface area (Å²) in [5, 5.41) is 12.7. The number of benzene rings is 2. The van der Waals surface area contributed by atoms with E-state index in [9.17, 15) is 4.79 Å². The molecule has 0 fully saturated rings. The molecule has 134 valence electrons. The number of carbonyl (C=O) groups is 1. The third kappa shape index (κ3) is 4.42. The van der Waals surface area contributed by atoms with E-state index >= 15 is 0 Å². The topological polar surface area (TPSA) is 85.8 Å². The molecule has 6 nitrogen and oxygen atoms in total. The van der Waals surface area contributed by atoms with Crippen molar-refractivity contribution in [2.45, 2.75) is 5.16 Å². The molecule has 1 amide bonds. The molecule has 2 aromatic carbocycles. The third-order valence-corrected chi connectivity index (χ3v) is 5.05. The van der Waals surface area contributed by atoms with Crippen molar-refractivity contribution >= 4 is 58.2 Å². The Morgan fingerprint density at radius 3 is 2.50 bits per heavy atom. The monoisotopic (exact) mass is 427 g/mol. The number of hydrogen-bond acceptors (Lipinski definition) is 5. The Labute approximate surface area is 168 Å². The van der Waals surface area contributed by atoms with Crippen LogP contribution in [0, 0.1) is 0 Å². The largest absolute Gasteiger partial charge is 0.335 e. The number of halogens is 3. The van der Waals surface area contributed by atoms with E-state index in [0.717, 1.165) is 11.8 Å². The van der Waals surface area contributed by atoms with E-state index in [0.29, 0.717) is 37.3 Å². The first-order valence-corrected chi connectivity index (χ1v) is 9.40. The zero-order chi connectivity index (χ0) is 18.7. The number of nitrogens with two attached hydrogens (primary N) is 1. The van der Waals surface area contributed by atoms with Crippen LogP contribution in [0.5, 0.6) is 0 Å². The minimum atomic E-state index is -0.206. The Kier molecular flexibility index (Phi) is 5.93. The van der Waals surface area contributed by atoms with Crippen LogP contribution in [0.25, 0.3) is 11.4 Å². The van der Waals surface area contributed by atoms with Crippen molar-refractivity contribution in [3.63, 3.8) is 0 Å². The zero-order valence-corrected chi connectivity index (χ0v) is 16.2. The molecule has 1 heterocycles. The number of carbonyl (C=O) groups excluding carboxylic acids is 1. The average molecular weight is 429 g/mol. The molecule has 3 N–H and O–H groups in total. The molecule has 1 aromatic heterocycles. The molecule has 0 bridgehead atoms. The van der Waals surface area contributed by atoms with Crippen molar-refractivity contribution in [2.24, 2.45) is 0 Å². The van der Waals surface area contributed by atoms with Crippen molar-refractivity contribution in [1.82, 2.24) is 14.9 Å². The maximum Gasteiger partial charge on any atom is 0.234 e. The highest BCUT2D eigenvalue weighted by atomic mass is 35.5. The predicted molar refractivity (Wildman–Crippen MR) is 106 cm³/mol. The quantitative estimate of drug-likeness (QED) is 0.466. The summed E-state index contributed by atoms with van der Waals surface area (Å²) >= 11 is 19.1. The van der Waals surface area contributed by atoms with E-state index in [-0.39, 0.29) is 11.7 Å². The first kappa shape index (κ1) is 18.8. The number of anilines is 1. The number of nitrogens with one attached hydrogen (secondary N) is 1. The van der Waals surface area contributed by atoms with E-state index in [1.807, 2.05) is 0 Å². The summed E-state index contributed by atoms with van der Waals surface area (Å²) in [6, 6.07) is 11.8. The maximum absolute atomic E-state index is 12.1. The van der Waals surface area contributed by atoms with Crippen LogP contribution in [-0.4, -0.2) is 26.5 Å². The molecule has 3 aromatic rings. The molecule has 0 aliphatic carbocycles. The van der Waals surface area contributed by atoms with E-state index in [4.69, 9.17) is 40.6 Å². The molecular formula is C16H12Cl3N5OS. The summed E-state index contributed by atoms with van der Waals surface area (Å²) in [7, 11) is 0. The molecule has 26 heavy (non-hydrogen) atoms. The fraction of sp³-hybridized carbons (Fsp3) is 0.0625. The van der Waals surface area contributed by atoms with Gasteiger partial charge >= 0.3 is 0 Å². The van der Waals surface area contributed by atoms with Crippen LogP contribution in [0.3, 0.4) is 0 Å². The van der Waals surface area contributed by atoms with Gasteiger partial charge in [-0.15, -0.1) is 10.2 Å². The highest BCUT2D eigenvalue weighted by Gasteiger charge is 2.16. The summed E-state index contributed by atoms with van der Waals surface area (Å²) in [5.41, 5.74) is 1.22. The normalized spacial score (nSPS) is 10.7. The summed E-state index contributed by atoms with van der Waals surface area (Å²) in [4.78, 5) is 12.1. The van der Waals surface area contributed by atoms with Crippen molar-refractivity contribution in [1.29, 1.82) is 0 Å². The SMILES string of the molecule is Nn1c(SCC(=O)Nc2ccc(Cl)cc2)nnc1-c1cc(Cl)ccc1Cl. The summed E-state index contributed by atoms with van der Waals surface area (Å²) in [5.74, 6) is 6.30. The van der Waals surface area contributed by atoms with Gasteiger partial charge < -0.3 is 11.2 Å². The number of aromatic nitrogens is 3. The fourth-order valence-corrected chi connectivity index (χ4v) is 3.25. The Hall–Kier alpha value is -1.93. The lowest BCUT2D eigenvalue weighted by atomic mass is 10.2. The molecule has 0 atom stereocenters. The second-order valence-corrected chi connectivity index (χ2v) is 7.37. The number of nitrogen functional groups attached to an aromatic ring is 1. The predicted octanol–water partition coefficient (Wildman–Crippen LogP) is 4.35. The third-order valence-electron chi connectivity index (χ3n) is 3.29. The van der Waals surface area contributed by atoms with Crippen LogP contribution in [0.1, 0.15) is 0 Å². The maximum atomic E-state index is 12.1. The number of nitrogens with zero attached hydrogens (tertiary/aromatic N) is 3. The Balaban J connectivity index is 1.67. The Bertz CT molecular complexity index is 946. The lowest BCUT2D eigenvalue weighted by Crippen LogP contribution is -2.16. The first-order chi connectivity index (χ1) is 12.4. The van der Waals surface area contributed by atoms with Gasteiger partial charge in [-0.2, -0.15) is 0 Å². The second kappa shape index (κ2) is 8.18. The molecular weight excluding hydrogens is 417 g/mol. The molecule has 0 unspecified atom stereocenters. The van der Waals surface area contributed by atoms with Crippen LogP contribution >= 0.6 is 46.6 Å². The minimum absolute atomic E-state index is 0.112. The molecule has 0 saturated carbocycles. The average Bonchev–Trinajstić information content (AvgIpc) is 2.98. The minimum Gasteiger partial charge on any atom is -0.335 e. The fourth-order valence-electron chi connectivity index (χ4n) is 2.09. The summed E-state index contributed by atoms with van der Waals surface area (Å²) in [6.45, 7) is 0.